The predicted molar refractivity (Wildman–Crippen MR) is 90.0 cm³/mol. The first kappa shape index (κ1) is 14.9. The molecule has 1 saturated carbocycles. The van der Waals surface area contributed by atoms with Crippen LogP contribution in [0.25, 0.3) is 11.3 Å². The van der Waals surface area contributed by atoms with Crippen LogP contribution in [-0.4, -0.2) is 16.9 Å². The molecule has 3 heteroatoms. The second-order valence-electron chi connectivity index (χ2n) is 6.40. The Kier molecular flexibility index (Phi) is 4.32. The lowest BCUT2D eigenvalue weighted by Crippen LogP contribution is -2.36. The molecule has 1 amide bonds. The summed E-state index contributed by atoms with van der Waals surface area (Å²) in [6.07, 6.45) is 5.98. The van der Waals surface area contributed by atoms with Gasteiger partial charge in [0.05, 0.1) is 5.56 Å². The van der Waals surface area contributed by atoms with E-state index in [1.165, 1.54) is 24.8 Å². The number of amides is 1. The standard InChI is InChI=1S/C19H24N2O/c1-13-8-10-15(11-9-13)18-12-17(14(2)20-18)19(22)21-16-6-4-3-5-7-16/h8-12,16,20H,3-7H2,1-2H3,(H,21,22). The Morgan fingerprint density at radius 1 is 1.09 bits per heavy atom. The molecule has 3 rings (SSSR count). The van der Waals surface area contributed by atoms with Crippen LogP contribution in [-0.2, 0) is 0 Å². The van der Waals surface area contributed by atoms with Gasteiger partial charge in [-0.2, -0.15) is 0 Å². The maximum Gasteiger partial charge on any atom is 0.253 e. The number of rotatable bonds is 3. The molecule has 22 heavy (non-hydrogen) atoms. The van der Waals surface area contributed by atoms with Crippen molar-refractivity contribution in [1.82, 2.24) is 10.3 Å². The van der Waals surface area contributed by atoms with Gasteiger partial charge in [0.1, 0.15) is 0 Å². The Morgan fingerprint density at radius 2 is 1.77 bits per heavy atom. The molecule has 1 aliphatic rings. The van der Waals surface area contributed by atoms with Crippen molar-refractivity contribution < 1.29 is 4.79 Å². The molecule has 0 aliphatic heterocycles. The fraction of sp³-hybridized carbons (Fsp3) is 0.421. The van der Waals surface area contributed by atoms with Crippen LogP contribution in [0.15, 0.2) is 30.3 Å². The first-order valence-electron chi connectivity index (χ1n) is 8.21. The van der Waals surface area contributed by atoms with E-state index in [2.05, 4.69) is 41.5 Å². The third kappa shape index (κ3) is 3.24. The summed E-state index contributed by atoms with van der Waals surface area (Å²) in [4.78, 5) is 15.8. The summed E-state index contributed by atoms with van der Waals surface area (Å²) in [7, 11) is 0. The highest BCUT2D eigenvalue weighted by Gasteiger charge is 2.19. The van der Waals surface area contributed by atoms with Crippen LogP contribution in [0.1, 0.15) is 53.7 Å². The summed E-state index contributed by atoms with van der Waals surface area (Å²) < 4.78 is 0. The number of hydrogen-bond donors (Lipinski definition) is 2. The van der Waals surface area contributed by atoms with Crippen molar-refractivity contribution in [2.75, 3.05) is 0 Å². The number of benzene rings is 1. The van der Waals surface area contributed by atoms with Crippen LogP contribution in [0.2, 0.25) is 0 Å². The minimum Gasteiger partial charge on any atom is -0.358 e. The quantitative estimate of drug-likeness (QED) is 0.868. The van der Waals surface area contributed by atoms with Crippen molar-refractivity contribution in [3.63, 3.8) is 0 Å². The average molecular weight is 296 g/mol. The second kappa shape index (κ2) is 6.39. The maximum atomic E-state index is 12.5. The number of aromatic nitrogens is 1. The van der Waals surface area contributed by atoms with Crippen molar-refractivity contribution >= 4 is 5.91 Å². The molecule has 2 aromatic rings. The minimum atomic E-state index is 0.0546. The molecule has 3 nitrogen and oxygen atoms in total. The normalized spacial score (nSPS) is 15.7. The molecule has 0 unspecified atom stereocenters. The van der Waals surface area contributed by atoms with Crippen molar-refractivity contribution in [2.24, 2.45) is 0 Å². The zero-order valence-electron chi connectivity index (χ0n) is 13.4. The van der Waals surface area contributed by atoms with E-state index in [4.69, 9.17) is 0 Å². The smallest absolute Gasteiger partial charge is 0.253 e. The van der Waals surface area contributed by atoms with E-state index in [0.29, 0.717) is 6.04 Å². The number of nitrogens with one attached hydrogen (secondary N) is 2. The molecule has 1 heterocycles. The van der Waals surface area contributed by atoms with Gasteiger partial charge in [-0.15, -0.1) is 0 Å². The maximum absolute atomic E-state index is 12.5. The van der Waals surface area contributed by atoms with Gasteiger partial charge in [-0.05, 0) is 38.3 Å². The van der Waals surface area contributed by atoms with Gasteiger partial charge in [0.15, 0.2) is 0 Å². The number of aromatic amines is 1. The van der Waals surface area contributed by atoms with E-state index < -0.39 is 0 Å². The average Bonchev–Trinajstić information content (AvgIpc) is 2.91. The molecule has 0 atom stereocenters. The summed E-state index contributed by atoms with van der Waals surface area (Å²) in [6, 6.07) is 10.7. The Labute approximate surface area is 132 Å². The molecular formula is C19H24N2O. The number of aryl methyl sites for hydroxylation is 2. The third-order valence-electron chi connectivity index (χ3n) is 4.56. The summed E-state index contributed by atoms with van der Waals surface area (Å²) in [5.41, 5.74) is 5.06. The largest absolute Gasteiger partial charge is 0.358 e. The number of carbonyl (C=O) groups excluding carboxylic acids is 1. The predicted octanol–water partition coefficient (Wildman–Crippen LogP) is 4.36. The molecule has 0 radical (unpaired) electrons. The summed E-state index contributed by atoms with van der Waals surface area (Å²) >= 11 is 0. The van der Waals surface area contributed by atoms with E-state index in [1.807, 2.05) is 13.0 Å². The molecule has 1 aromatic heterocycles. The fourth-order valence-electron chi connectivity index (χ4n) is 3.19. The SMILES string of the molecule is Cc1ccc(-c2cc(C(=O)NC3CCCCC3)c(C)[nH]2)cc1. The van der Waals surface area contributed by atoms with Crippen molar-refractivity contribution in [3.8, 4) is 11.3 Å². The van der Waals surface area contributed by atoms with Crippen LogP contribution in [0.3, 0.4) is 0 Å². The number of carbonyl (C=O) groups is 1. The van der Waals surface area contributed by atoms with Crippen LogP contribution in [0.5, 0.6) is 0 Å². The second-order valence-corrected chi connectivity index (χ2v) is 6.40. The first-order chi connectivity index (χ1) is 10.6. The van der Waals surface area contributed by atoms with Crippen LogP contribution >= 0.6 is 0 Å². The summed E-state index contributed by atoms with van der Waals surface area (Å²) in [5.74, 6) is 0.0546. The van der Waals surface area contributed by atoms with Crippen molar-refractivity contribution in [1.29, 1.82) is 0 Å². The summed E-state index contributed by atoms with van der Waals surface area (Å²) in [6.45, 7) is 4.04. The van der Waals surface area contributed by atoms with Crippen LogP contribution in [0, 0.1) is 13.8 Å². The van der Waals surface area contributed by atoms with E-state index in [0.717, 1.165) is 35.4 Å². The lowest BCUT2D eigenvalue weighted by Gasteiger charge is -2.22. The lowest BCUT2D eigenvalue weighted by molar-refractivity contribution is 0.0927. The highest BCUT2D eigenvalue weighted by molar-refractivity contribution is 5.97. The van der Waals surface area contributed by atoms with Gasteiger partial charge < -0.3 is 10.3 Å². The zero-order valence-corrected chi connectivity index (χ0v) is 13.4. The highest BCUT2D eigenvalue weighted by atomic mass is 16.1. The molecule has 1 aromatic carbocycles. The Morgan fingerprint density at radius 3 is 2.45 bits per heavy atom. The van der Waals surface area contributed by atoms with Gasteiger partial charge in [0, 0.05) is 17.4 Å². The van der Waals surface area contributed by atoms with E-state index in [9.17, 15) is 4.79 Å². The number of H-pyrrole nitrogens is 1. The molecule has 2 N–H and O–H groups in total. The zero-order chi connectivity index (χ0) is 15.5. The lowest BCUT2D eigenvalue weighted by atomic mass is 9.95. The Balaban J connectivity index is 1.76. The van der Waals surface area contributed by atoms with Crippen molar-refractivity contribution in [3.05, 3.63) is 47.2 Å². The minimum absolute atomic E-state index is 0.0546. The molecule has 1 fully saturated rings. The third-order valence-corrected chi connectivity index (χ3v) is 4.56. The Bertz CT molecular complexity index is 649. The van der Waals surface area contributed by atoms with Gasteiger partial charge in [0.25, 0.3) is 5.91 Å². The molecule has 0 bridgehead atoms. The monoisotopic (exact) mass is 296 g/mol. The number of hydrogen-bond acceptors (Lipinski definition) is 1. The molecule has 0 spiro atoms. The molecular weight excluding hydrogens is 272 g/mol. The fourth-order valence-corrected chi connectivity index (χ4v) is 3.19. The van der Waals surface area contributed by atoms with Gasteiger partial charge in [-0.25, -0.2) is 0 Å². The van der Waals surface area contributed by atoms with Crippen LogP contribution in [0.4, 0.5) is 0 Å². The van der Waals surface area contributed by atoms with E-state index in [-0.39, 0.29) is 5.91 Å². The molecule has 0 saturated heterocycles. The summed E-state index contributed by atoms with van der Waals surface area (Å²) in [5, 5.41) is 3.19. The molecule has 1 aliphatic carbocycles. The highest BCUT2D eigenvalue weighted by Crippen LogP contribution is 2.23. The van der Waals surface area contributed by atoms with Gasteiger partial charge in [-0.3, -0.25) is 4.79 Å². The van der Waals surface area contributed by atoms with E-state index >= 15 is 0 Å². The van der Waals surface area contributed by atoms with E-state index in [1.54, 1.807) is 0 Å². The Hall–Kier alpha value is -2.03. The van der Waals surface area contributed by atoms with Gasteiger partial charge in [-0.1, -0.05) is 49.1 Å². The first-order valence-corrected chi connectivity index (χ1v) is 8.21. The van der Waals surface area contributed by atoms with Gasteiger partial charge >= 0.3 is 0 Å². The van der Waals surface area contributed by atoms with Crippen LogP contribution < -0.4 is 5.32 Å². The molecule has 116 valence electrons. The van der Waals surface area contributed by atoms with Gasteiger partial charge in [0.2, 0.25) is 0 Å². The van der Waals surface area contributed by atoms with Crippen molar-refractivity contribution in [2.45, 2.75) is 52.0 Å². The topological polar surface area (TPSA) is 44.9 Å².